The van der Waals surface area contributed by atoms with Crippen molar-refractivity contribution in [2.24, 2.45) is 0 Å². The van der Waals surface area contributed by atoms with Crippen molar-refractivity contribution in [3.63, 3.8) is 0 Å². The molecule has 134 valence electrons. The van der Waals surface area contributed by atoms with E-state index in [0.717, 1.165) is 16.8 Å². The number of carbonyl (C=O) groups is 2. The fourth-order valence-electron chi connectivity index (χ4n) is 2.63. The summed E-state index contributed by atoms with van der Waals surface area (Å²) in [7, 11) is 0. The first-order chi connectivity index (χ1) is 12.4. The molecule has 0 fully saturated rings. The molecule has 0 heterocycles. The second-order valence-electron chi connectivity index (χ2n) is 6.25. The normalized spacial score (nSPS) is 11.5. The van der Waals surface area contributed by atoms with E-state index < -0.39 is 5.92 Å². The Morgan fingerprint density at radius 1 is 1.12 bits per heavy atom. The molecule has 0 spiro atoms. The third-order valence-electron chi connectivity index (χ3n) is 4.28. The molecule has 1 N–H and O–H groups in total. The summed E-state index contributed by atoms with van der Waals surface area (Å²) >= 11 is 6.07. The van der Waals surface area contributed by atoms with Gasteiger partial charge in [0.1, 0.15) is 5.92 Å². The summed E-state index contributed by atoms with van der Waals surface area (Å²) in [6, 6.07) is 14.6. The molecule has 26 heavy (non-hydrogen) atoms. The highest BCUT2D eigenvalue weighted by Gasteiger charge is 2.22. The number of nitrogens with zero attached hydrogens (tertiary/aromatic N) is 1. The smallest absolute Gasteiger partial charge is 0.224 e. The minimum absolute atomic E-state index is 0.146. The zero-order chi connectivity index (χ0) is 19.1. The van der Waals surface area contributed by atoms with Crippen LogP contribution in [0.5, 0.6) is 0 Å². The lowest BCUT2D eigenvalue weighted by Crippen LogP contribution is -2.14. The third-order valence-corrected chi connectivity index (χ3v) is 4.63. The molecule has 0 unspecified atom stereocenters. The molecule has 4 nitrogen and oxygen atoms in total. The molecule has 2 aromatic rings. The van der Waals surface area contributed by atoms with Crippen molar-refractivity contribution in [2.45, 2.75) is 39.0 Å². The van der Waals surface area contributed by atoms with Crippen molar-refractivity contribution in [3.8, 4) is 6.07 Å². The minimum Gasteiger partial charge on any atom is -0.326 e. The maximum atomic E-state index is 12.3. The number of carbonyl (C=O) groups excluding carboxylic acids is 2. The lowest BCUT2D eigenvalue weighted by molar-refractivity contribution is -0.119. The summed E-state index contributed by atoms with van der Waals surface area (Å²) in [5.74, 6) is -1.27. The number of Topliss-reactive ketones (excluding diaryl/α,β-unsaturated/α-hetero) is 1. The number of rotatable bonds is 7. The maximum Gasteiger partial charge on any atom is 0.224 e. The monoisotopic (exact) mass is 368 g/mol. The van der Waals surface area contributed by atoms with Crippen LogP contribution in [-0.2, 0) is 9.59 Å². The Hall–Kier alpha value is -2.64. The van der Waals surface area contributed by atoms with Crippen LogP contribution in [0.15, 0.2) is 42.5 Å². The van der Waals surface area contributed by atoms with Crippen LogP contribution < -0.4 is 5.32 Å². The highest BCUT2D eigenvalue weighted by Crippen LogP contribution is 2.26. The second-order valence-corrected chi connectivity index (χ2v) is 6.66. The molecular weight excluding hydrogens is 348 g/mol. The summed E-state index contributed by atoms with van der Waals surface area (Å²) in [6.07, 6.45) is 0.765. The zero-order valence-electron chi connectivity index (χ0n) is 14.9. The molecule has 0 saturated heterocycles. The van der Waals surface area contributed by atoms with Crippen LogP contribution in [0, 0.1) is 25.2 Å². The molecule has 2 rings (SSSR count). The van der Waals surface area contributed by atoms with E-state index in [2.05, 4.69) is 5.32 Å². The van der Waals surface area contributed by atoms with E-state index in [4.69, 9.17) is 11.6 Å². The van der Waals surface area contributed by atoms with Gasteiger partial charge in [-0.2, -0.15) is 5.26 Å². The van der Waals surface area contributed by atoms with E-state index in [0.29, 0.717) is 17.0 Å². The topological polar surface area (TPSA) is 70.0 Å². The van der Waals surface area contributed by atoms with Crippen LogP contribution in [0.2, 0.25) is 5.02 Å². The molecule has 0 aliphatic rings. The average Bonchev–Trinajstić information content (AvgIpc) is 2.60. The first-order valence-corrected chi connectivity index (χ1v) is 8.84. The van der Waals surface area contributed by atoms with E-state index in [9.17, 15) is 14.9 Å². The fraction of sp³-hybridized carbons (Fsp3) is 0.286. The molecule has 1 amide bonds. The van der Waals surface area contributed by atoms with Crippen molar-refractivity contribution < 1.29 is 9.59 Å². The van der Waals surface area contributed by atoms with E-state index in [-0.39, 0.29) is 24.5 Å². The number of aryl methyl sites for hydroxylation is 2. The molecule has 0 aliphatic carbocycles. The summed E-state index contributed by atoms with van der Waals surface area (Å²) in [5, 5.41) is 12.6. The molecule has 0 bridgehead atoms. The van der Waals surface area contributed by atoms with Gasteiger partial charge >= 0.3 is 0 Å². The van der Waals surface area contributed by atoms with E-state index in [1.807, 2.05) is 38.1 Å². The van der Waals surface area contributed by atoms with Crippen LogP contribution in [0.25, 0.3) is 0 Å². The van der Waals surface area contributed by atoms with Crippen LogP contribution in [-0.4, -0.2) is 11.7 Å². The highest BCUT2D eigenvalue weighted by molar-refractivity contribution is 6.31. The Balaban J connectivity index is 1.87. The number of nitrogens with one attached hydrogen (secondary N) is 1. The Bertz CT molecular complexity index is 855. The quantitative estimate of drug-likeness (QED) is 0.752. The number of ketones is 1. The van der Waals surface area contributed by atoms with Gasteiger partial charge in [0.15, 0.2) is 5.78 Å². The van der Waals surface area contributed by atoms with Crippen molar-refractivity contribution in [1.82, 2.24) is 0 Å². The highest BCUT2D eigenvalue weighted by atomic mass is 35.5. The molecular formula is C21H21ClN2O2. The van der Waals surface area contributed by atoms with Gasteiger partial charge in [-0.15, -0.1) is 0 Å². The molecule has 0 saturated carbocycles. The average molecular weight is 369 g/mol. The number of hydrogen-bond acceptors (Lipinski definition) is 3. The Morgan fingerprint density at radius 3 is 2.50 bits per heavy atom. The maximum absolute atomic E-state index is 12.3. The van der Waals surface area contributed by atoms with Crippen LogP contribution in [0.1, 0.15) is 41.9 Å². The van der Waals surface area contributed by atoms with Gasteiger partial charge in [0.25, 0.3) is 0 Å². The molecule has 0 aromatic heterocycles. The summed E-state index contributed by atoms with van der Waals surface area (Å²) in [4.78, 5) is 24.4. The van der Waals surface area contributed by atoms with Gasteiger partial charge in [-0.1, -0.05) is 35.9 Å². The van der Waals surface area contributed by atoms with Gasteiger partial charge in [-0.05, 0) is 55.2 Å². The van der Waals surface area contributed by atoms with Gasteiger partial charge < -0.3 is 5.32 Å². The number of halogens is 1. The van der Waals surface area contributed by atoms with E-state index >= 15 is 0 Å². The number of nitriles is 1. The largest absolute Gasteiger partial charge is 0.326 e. The summed E-state index contributed by atoms with van der Waals surface area (Å²) < 4.78 is 0. The number of anilines is 1. The first-order valence-electron chi connectivity index (χ1n) is 8.46. The van der Waals surface area contributed by atoms with Crippen LogP contribution in [0.3, 0.4) is 0 Å². The lowest BCUT2D eigenvalue weighted by atomic mass is 9.93. The lowest BCUT2D eigenvalue weighted by Gasteiger charge is -2.10. The molecule has 0 radical (unpaired) electrons. The third kappa shape index (κ3) is 5.18. The standard InChI is InChI=1S/C21H21ClN2O2/c1-14-10-11-16(12-15(14)2)24-21(26)9-5-8-20(25)18(13-23)17-6-3-4-7-19(17)22/h3-4,6-7,10-12,18H,5,8-9H2,1-2H3,(H,24,26)/t18-/m1/s1. The minimum atomic E-state index is -0.897. The second kappa shape index (κ2) is 9.17. The first kappa shape index (κ1) is 19.7. The zero-order valence-corrected chi connectivity index (χ0v) is 15.6. The summed E-state index contributed by atoms with van der Waals surface area (Å²) in [6.45, 7) is 4.00. The Labute approximate surface area is 158 Å². The van der Waals surface area contributed by atoms with Gasteiger partial charge in [0.05, 0.1) is 6.07 Å². The van der Waals surface area contributed by atoms with Gasteiger partial charge in [-0.25, -0.2) is 0 Å². The predicted molar refractivity (Wildman–Crippen MR) is 103 cm³/mol. The molecule has 5 heteroatoms. The van der Waals surface area contributed by atoms with Crippen molar-refractivity contribution in [3.05, 3.63) is 64.2 Å². The van der Waals surface area contributed by atoms with E-state index in [1.54, 1.807) is 24.3 Å². The van der Waals surface area contributed by atoms with Crippen molar-refractivity contribution in [2.75, 3.05) is 5.32 Å². The number of benzene rings is 2. The van der Waals surface area contributed by atoms with Crippen molar-refractivity contribution in [1.29, 1.82) is 5.26 Å². The van der Waals surface area contributed by atoms with Gasteiger partial charge in [0, 0.05) is 23.6 Å². The van der Waals surface area contributed by atoms with E-state index in [1.165, 1.54) is 0 Å². The van der Waals surface area contributed by atoms with Crippen molar-refractivity contribution >= 4 is 29.0 Å². The SMILES string of the molecule is Cc1ccc(NC(=O)CCCC(=O)[C@H](C#N)c2ccccc2Cl)cc1C. The molecule has 1 atom stereocenters. The predicted octanol–water partition coefficient (Wildman–Crippen LogP) is 4.94. The van der Waals surface area contributed by atoms with Gasteiger partial charge in [-0.3, -0.25) is 9.59 Å². The Morgan fingerprint density at radius 2 is 1.85 bits per heavy atom. The molecule has 2 aromatic carbocycles. The number of hydrogen-bond donors (Lipinski definition) is 1. The summed E-state index contributed by atoms with van der Waals surface area (Å²) in [5.41, 5.74) is 3.53. The van der Waals surface area contributed by atoms with Crippen LogP contribution >= 0.6 is 11.6 Å². The van der Waals surface area contributed by atoms with Crippen LogP contribution in [0.4, 0.5) is 5.69 Å². The van der Waals surface area contributed by atoms with Gasteiger partial charge in [0.2, 0.25) is 5.91 Å². The fourth-order valence-corrected chi connectivity index (χ4v) is 2.88. The molecule has 0 aliphatic heterocycles. The Kier molecular flexibility index (Phi) is 6.94. The number of amides is 1.